The Kier molecular flexibility index (Phi) is 4.21. The molecule has 1 aliphatic rings. The first-order chi connectivity index (χ1) is 9.43. The molecule has 1 aromatic rings. The maximum absolute atomic E-state index is 12.8. The topological polar surface area (TPSA) is 43.4 Å². The summed E-state index contributed by atoms with van der Waals surface area (Å²) in [4.78, 5) is 24.9. The lowest BCUT2D eigenvalue weighted by Gasteiger charge is -2.26. The molecule has 0 radical (unpaired) electrons. The van der Waals surface area contributed by atoms with Crippen LogP contribution in [0.1, 0.15) is 29.6 Å². The first-order valence-corrected chi connectivity index (χ1v) is 6.95. The zero-order valence-electron chi connectivity index (χ0n) is 11.0. The van der Waals surface area contributed by atoms with Crippen molar-refractivity contribution in [1.82, 2.24) is 0 Å². The highest BCUT2D eigenvalue weighted by Crippen LogP contribution is 2.45. The summed E-state index contributed by atoms with van der Waals surface area (Å²) in [5, 5.41) is 0.640. The maximum Gasteiger partial charge on any atom is 0.323 e. The van der Waals surface area contributed by atoms with E-state index in [9.17, 15) is 9.59 Å². The fourth-order valence-corrected chi connectivity index (χ4v) is 2.93. The molecule has 0 N–H and O–H groups in total. The fourth-order valence-electron chi connectivity index (χ4n) is 2.63. The number of hydrogen-bond donors (Lipinski definition) is 0. The molecule has 2 rings (SSSR count). The average Bonchev–Trinajstić information content (AvgIpc) is 2.83. The molecule has 1 fully saturated rings. The molecular weight excluding hydrogens is 299 g/mol. The summed E-state index contributed by atoms with van der Waals surface area (Å²) in [5.74, 6) is -0.888. The second-order valence-electron chi connectivity index (χ2n) is 4.81. The van der Waals surface area contributed by atoms with Gasteiger partial charge in [0.1, 0.15) is 0 Å². The van der Waals surface area contributed by atoms with Crippen molar-refractivity contribution in [1.29, 1.82) is 0 Å². The SMILES string of the molecule is C=C1CCCC1(C(=O)OC)C(=O)c1ccc(Cl)c(Cl)c1. The van der Waals surface area contributed by atoms with Crippen molar-refractivity contribution >= 4 is 35.0 Å². The number of ketones is 1. The number of carbonyl (C=O) groups is 2. The van der Waals surface area contributed by atoms with Crippen molar-refractivity contribution < 1.29 is 14.3 Å². The first kappa shape index (κ1) is 15.1. The Hall–Kier alpha value is -1.32. The van der Waals surface area contributed by atoms with Crippen LogP contribution >= 0.6 is 23.2 Å². The molecule has 106 valence electrons. The van der Waals surface area contributed by atoms with Gasteiger partial charge in [0, 0.05) is 5.56 Å². The van der Waals surface area contributed by atoms with Crippen LogP contribution in [0.25, 0.3) is 0 Å². The molecule has 0 saturated heterocycles. The molecule has 1 atom stereocenters. The van der Waals surface area contributed by atoms with Gasteiger partial charge in [0.25, 0.3) is 0 Å². The summed E-state index contributed by atoms with van der Waals surface area (Å²) in [5.41, 5.74) is -0.348. The van der Waals surface area contributed by atoms with Crippen LogP contribution in [-0.2, 0) is 9.53 Å². The molecule has 0 amide bonds. The van der Waals surface area contributed by atoms with Gasteiger partial charge in [-0.3, -0.25) is 9.59 Å². The molecule has 0 aliphatic heterocycles. The summed E-state index contributed by atoms with van der Waals surface area (Å²) in [7, 11) is 1.28. The molecule has 1 aliphatic carbocycles. The average molecular weight is 313 g/mol. The highest BCUT2D eigenvalue weighted by atomic mass is 35.5. The minimum Gasteiger partial charge on any atom is -0.468 e. The molecule has 20 heavy (non-hydrogen) atoms. The van der Waals surface area contributed by atoms with Gasteiger partial charge in [0.15, 0.2) is 11.2 Å². The van der Waals surface area contributed by atoms with Gasteiger partial charge in [0.2, 0.25) is 0 Å². The van der Waals surface area contributed by atoms with Crippen LogP contribution < -0.4 is 0 Å². The zero-order chi connectivity index (χ0) is 14.9. The summed E-state index contributed by atoms with van der Waals surface area (Å²) in [6.45, 7) is 3.88. The molecule has 1 unspecified atom stereocenters. The van der Waals surface area contributed by atoms with Crippen molar-refractivity contribution in [3.05, 3.63) is 46.0 Å². The van der Waals surface area contributed by atoms with E-state index in [0.717, 1.165) is 6.42 Å². The van der Waals surface area contributed by atoms with Gasteiger partial charge in [-0.05, 0) is 37.5 Å². The van der Waals surface area contributed by atoms with Gasteiger partial charge in [0.05, 0.1) is 17.2 Å². The number of halogens is 2. The number of rotatable bonds is 3. The second kappa shape index (κ2) is 5.58. The molecule has 0 bridgehead atoms. The Bertz CT molecular complexity index is 595. The minimum atomic E-state index is -1.29. The van der Waals surface area contributed by atoms with Crippen LogP contribution in [0.3, 0.4) is 0 Å². The second-order valence-corrected chi connectivity index (χ2v) is 5.63. The smallest absolute Gasteiger partial charge is 0.323 e. The van der Waals surface area contributed by atoms with Crippen LogP contribution in [0.5, 0.6) is 0 Å². The third-order valence-corrected chi connectivity index (χ3v) is 4.48. The van der Waals surface area contributed by atoms with Crippen LogP contribution in [0, 0.1) is 5.41 Å². The summed E-state index contributed by atoms with van der Waals surface area (Å²) in [6, 6.07) is 4.58. The Morgan fingerprint density at radius 1 is 1.30 bits per heavy atom. The van der Waals surface area contributed by atoms with E-state index in [1.807, 2.05) is 0 Å². The Morgan fingerprint density at radius 3 is 2.50 bits per heavy atom. The summed E-state index contributed by atoms with van der Waals surface area (Å²) in [6.07, 6.45) is 1.79. The van der Waals surface area contributed by atoms with Crippen LogP contribution in [0.2, 0.25) is 10.0 Å². The van der Waals surface area contributed by atoms with E-state index in [2.05, 4.69) is 6.58 Å². The van der Waals surface area contributed by atoms with Gasteiger partial charge >= 0.3 is 5.97 Å². The predicted molar refractivity (Wildman–Crippen MR) is 78.2 cm³/mol. The van der Waals surface area contributed by atoms with Crippen molar-refractivity contribution in [2.24, 2.45) is 5.41 Å². The molecule has 0 heterocycles. The highest BCUT2D eigenvalue weighted by molar-refractivity contribution is 6.42. The van der Waals surface area contributed by atoms with E-state index >= 15 is 0 Å². The fraction of sp³-hybridized carbons (Fsp3) is 0.333. The molecule has 0 aromatic heterocycles. The normalized spacial score (nSPS) is 21.9. The first-order valence-electron chi connectivity index (χ1n) is 6.20. The lowest BCUT2D eigenvalue weighted by atomic mass is 9.76. The Labute approximate surface area is 127 Å². The number of esters is 1. The quantitative estimate of drug-likeness (QED) is 0.365. The monoisotopic (exact) mass is 312 g/mol. The van der Waals surface area contributed by atoms with E-state index < -0.39 is 11.4 Å². The minimum absolute atomic E-state index is 0.279. The number of benzene rings is 1. The van der Waals surface area contributed by atoms with Crippen LogP contribution in [-0.4, -0.2) is 18.9 Å². The molecule has 0 spiro atoms. The lowest BCUT2D eigenvalue weighted by molar-refractivity contribution is -0.147. The van der Waals surface area contributed by atoms with Gasteiger partial charge in [-0.25, -0.2) is 0 Å². The van der Waals surface area contributed by atoms with Crippen molar-refractivity contribution in [2.75, 3.05) is 7.11 Å². The van der Waals surface area contributed by atoms with Crippen LogP contribution in [0.4, 0.5) is 0 Å². The Morgan fingerprint density at radius 2 is 2.00 bits per heavy atom. The number of hydrogen-bond acceptors (Lipinski definition) is 3. The van der Waals surface area contributed by atoms with E-state index in [4.69, 9.17) is 27.9 Å². The van der Waals surface area contributed by atoms with E-state index in [1.165, 1.54) is 13.2 Å². The number of carbonyl (C=O) groups excluding carboxylic acids is 2. The lowest BCUT2D eigenvalue weighted by Crippen LogP contribution is -2.39. The van der Waals surface area contributed by atoms with E-state index in [-0.39, 0.29) is 10.8 Å². The molecule has 1 aromatic carbocycles. The predicted octanol–water partition coefficient (Wildman–Crippen LogP) is 4.08. The molecule has 1 saturated carbocycles. The molecule has 5 heteroatoms. The van der Waals surface area contributed by atoms with Crippen molar-refractivity contribution in [3.63, 3.8) is 0 Å². The van der Waals surface area contributed by atoms with Gasteiger partial charge in [-0.2, -0.15) is 0 Å². The molecular formula is C15H14Cl2O3. The Balaban J connectivity index is 2.49. The summed E-state index contributed by atoms with van der Waals surface area (Å²) < 4.78 is 4.82. The third-order valence-electron chi connectivity index (χ3n) is 3.74. The third kappa shape index (κ3) is 2.25. The van der Waals surface area contributed by atoms with Crippen molar-refractivity contribution in [2.45, 2.75) is 19.3 Å². The van der Waals surface area contributed by atoms with Gasteiger partial charge in [-0.15, -0.1) is 0 Å². The van der Waals surface area contributed by atoms with E-state index in [0.29, 0.717) is 29.0 Å². The number of Topliss-reactive ketones (excluding diaryl/α,β-unsaturated/α-hetero) is 1. The maximum atomic E-state index is 12.8. The number of methoxy groups -OCH3 is 1. The van der Waals surface area contributed by atoms with E-state index in [1.54, 1.807) is 12.1 Å². The highest BCUT2D eigenvalue weighted by Gasteiger charge is 2.51. The zero-order valence-corrected chi connectivity index (χ0v) is 12.6. The van der Waals surface area contributed by atoms with Crippen LogP contribution in [0.15, 0.2) is 30.4 Å². The summed E-state index contributed by atoms with van der Waals surface area (Å²) >= 11 is 11.8. The van der Waals surface area contributed by atoms with Gasteiger partial charge in [-0.1, -0.05) is 35.4 Å². The molecule has 3 nitrogen and oxygen atoms in total. The van der Waals surface area contributed by atoms with Crippen molar-refractivity contribution in [3.8, 4) is 0 Å². The standard InChI is InChI=1S/C15H14Cl2O3/c1-9-4-3-7-15(9,14(19)20-2)13(18)10-5-6-11(16)12(17)8-10/h5-6,8H,1,3-4,7H2,2H3. The number of ether oxygens (including phenoxy) is 1. The van der Waals surface area contributed by atoms with Gasteiger partial charge < -0.3 is 4.74 Å². The largest absolute Gasteiger partial charge is 0.468 e.